The minimum absolute atomic E-state index is 0.0432. The molecule has 0 fully saturated rings. The van der Waals surface area contributed by atoms with Crippen LogP contribution in [0.1, 0.15) is 36.8 Å². The van der Waals surface area contributed by atoms with Crippen molar-refractivity contribution in [1.29, 1.82) is 0 Å². The Labute approximate surface area is 118 Å². The van der Waals surface area contributed by atoms with E-state index < -0.39 is 0 Å². The monoisotopic (exact) mass is 278 g/mol. The molecule has 2 rings (SSSR count). The first-order valence-corrected chi connectivity index (χ1v) is 6.92. The summed E-state index contributed by atoms with van der Waals surface area (Å²) in [4.78, 5) is 4.25. The second-order valence-corrected chi connectivity index (χ2v) is 4.82. The third kappa shape index (κ3) is 2.96. The van der Waals surface area contributed by atoms with Crippen LogP contribution in [0.15, 0.2) is 24.5 Å². The largest absolute Gasteiger partial charge is 0.305 e. The fourth-order valence-electron chi connectivity index (χ4n) is 2.23. The standard InChI is InChI=1S/C14H19ClN4/c1-4-16-13(11-6-7-17-10(3)8-11)14-12(15)9-18-19(14)5-2/h6-9,13,16H,4-5H2,1-3H3. The summed E-state index contributed by atoms with van der Waals surface area (Å²) in [6.07, 6.45) is 3.54. The highest BCUT2D eigenvalue weighted by atomic mass is 35.5. The van der Waals surface area contributed by atoms with Gasteiger partial charge in [0.15, 0.2) is 0 Å². The number of aromatic nitrogens is 3. The number of aryl methyl sites for hydroxylation is 2. The van der Waals surface area contributed by atoms with Gasteiger partial charge < -0.3 is 5.32 Å². The quantitative estimate of drug-likeness (QED) is 0.914. The van der Waals surface area contributed by atoms with Gasteiger partial charge in [-0.05, 0) is 38.1 Å². The van der Waals surface area contributed by atoms with E-state index in [-0.39, 0.29) is 6.04 Å². The van der Waals surface area contributed by atoms with Crippen LogP contribution in [0.25, 0.3) is 0 Å². The van der Waals surface area contributed by atoms with E-state index in [1.807, 2.05) is 23.9 Å². The van der Waals surface area contributed by atoms with Crippen molar-refractivity contribution in [3.63, 3.8) is 0 Å². The van der Waals surface area contributed by atoms with Gasteiger partial charge in [0.05, 0.1) is 23.0 Å². The minimum Gasteiger partial charge on any atom is -0.305 e. The van der Waals surface area contributed by atoms with Gasteiger partial charge in [0, 0.05) is 18.4 Å². The average Bonchev–Trinajstić information content (AvgIpc) is 2.77. The van der Waals surface area contributed by atoms with Gasteiger partial charge in [-0.1, -0.05) is 18.5 Å². The van der Waals surface area contributed by atoms with Crippen molar-refractivity contribution in [3.8, 4) is 0 Å². The summed E-state index contributed by atoms with van der Waals surface area (Å²) in [5.41, 5.74) is 3.17. The van der Waals surface area contributed by atoms with Crippen molar-refractivity contribution in [3.05, 3.63) is 46.5 Å². The van der Waals surface area contributed by atoms with Crippen molar-refractivity contribution in [2.24, 2.45) is 0 Å². The molecule has 0 saturated carbocycles. The van der Waals surface area contributed by atoms with Crippen LogP contribution < -0.4 is 5.32 Å². The second-order valence-electron chi connectivity index (χ2n) is 4.41. The van der Waals surface area contributed by atoms with Gasteiger partial charge in [0.2, 0.25) is 0 Å². The first kappa shape index (κ1) is 14.0. The highest BCUT2D eigenvalue weighted by Crippen LogP contribution is 2.28. The molecule has 0 aromatic carbocycles. The molecule has 0 aliphatic rings. The lowest BCUT2D eigenvalue weighted by Crippen LogP contribution is -2.25. The summed E-state index contributed by atoms with van der Waals surface area (Å²) in [5, 5.41) is 8.48. The molecule has 19 heavy (non-hydrogen) atoms. The Morgan fingerprint density at radius 3 is 2.84 bits per heavy atom. The van der Waals surface area contributed by atoms with Crippen molar-refractivity contribution < 1.29 is 0 Å². The Bertz CT molecular complexity index is 550. The number of hydrogen-bond acceptors (Lipinski definition) is 3. The van der Waals surface area contributed by atoms with E-state index in [4.69, 9.17) is 11.6 Å². The summed E-state index contributed by atoms with van der Waals surface area (Å²) in [6, 6.07) is 4.14. The van der Waals surface area contributed by atoms with Gasteiger partial charge in [-0.15, -0.1) is 0 Å². The number of pyridine rings is 1. The van der Waals surface area contributed by atoms with Crippen LogP contribution in [0.3, 0.4) is 0 Å². The normalized spacial score (nSPS) is 12.6. The van der Waals surface area contributed by atoms with Gasteiger partial charge in [-0.25, -0.2) is 0 Å². The van der Waals surface area contributed by atoms with Crippen LogP contribution in [-0.4, -0.2) is 21.3 Å². The van der Waals surface area contributed by atoms with Crippen molar-refractivity contribution in [2.45, 2.75) is 33.4 Å². The topological polar surface area (TPSA) is 42.7 Å². The number of nitrogens with one attached hydrogen (secondary N) is 1. The summed E-state index contributed by atoms with van der Waals surface area (Å²) < 4.78 is 1.94. The Balaban J connectivity index is 2.48. The molecule has 2 heterocycles. The van der Waals surface area contributed by atoms with E-state index in [1.165, 1.54) is 0 Å². The second kappa shape index (κ2) is 6.17. The molecule has 0 amide bonds. The molecule has 0 aliphatic carbocycles. The highest BCUT2D eigenvalue weighted by Gasteiger charge is 2.21. The maximum atomic E-state index is 6.30. The number of rotatable bonds is 5. The smallest absolute Gasteiger partial charge is 0.0837 e. The number of hydrogen-bond donors (Lipinski definition) is 1. The van der Waals surface area contributed by atoms with Gasteiger partial charge in [0.1, 0.15) is 0 Å². The van der Waals surface area contributed by atoms with E-state index in [2.05, 4.69) is 35.3 Å². The van der Waals surface area contributed by atoms with E-state index >= 15 is 0 Å². The van der Waals surface area contributed by atoms with E-state index in [9.17, 15) is 0 Å². The van der Waals surface area contributed by atoms with Crippen LogP contribution >= 0.6 is 11.6 Å². The molecule has 102 valence electrons. The maximum absolute atomic E-state index is 6.30. The van der Waals surface area contributed by atoms with Crippen LogP contribution in [0, 0.1) is 6.92 Å². The molecule has 1 N–H and O–H groups in total. The lowest BCUT2D eigenvalue weighted by Gasteiger charge is -2.20. The third-order valence-corrected chi connectivity index (χ3v) is 3.36. The molecular weight excluding hydrogens is 260 g/mol. The molecule has 4 nitrogen and oxygen atoms in total. The molecule has 1 atom stereocenters. The Morgan fingerprint density at radius 1 is 1.42 bits per heavy atom. The first-order valence-electron chi connectivity index (χ1n) is 6.54. The fraction of sp³-hybridized carbons (Fsp3) is 0.429. The maximum Gasteiger partial charge on any atom is 0.0837 e. The van der Waals surface area contributed by atoms with E-state index in [0.717, 1.165) is 30.0 Å². The molecule has 2 aromatic heterocycles. The summed E-state index contributed by atoms with van der Waals surface area (Å²) >= 11 is 6.30. The van der Waals surface area contributed by atoms with Crippen molar-refractivity contribution in [1.82, 2.24) is 20.1 Å². The molecule has 0 spiro atoms. The number of nitrogens with zero attached hydrogens (tertiary/aromatic N) is 3. The molecule has 1 unspecified atom stereocenters. The lowest BCUT2D eigenvalue weighted by molar-refractivity contribution is 0.542. The molecule has 2 aromatic rings. The average molecular weight is 279 g/mol. The highest BCUT2D eigenvalue weighted by molar-refractivity contribution is 6.31. The molecule has 0 aliphatic heterocycles. The fourth-order valence-corrected chi connectivity index (χ4v) is 2.48. The zero-order valence-electron chi connectivity index (χ0n) is 11.5. The first-order chi connectivity index (χ1) is 9.17. The van der Waals surface area contributed by atoms with Crippen molar-refractivity contribution in [2.75, 3.05) is 6.54 Å². The Hall–Kier alpha value is -1.39. The molecule has 0 radical (unpaired) electrons. The summed E-state index contributed by atoms with van der Waals surface area (Å²) in [5.74, 6) is 0. The van der Waals surface area contributed by atoms with Crippen LogP contribution in [0.4, 0.5) is 0 Å². The zero-order valence-corrected chi connectivity index (χ0v) is 12.3. The molecule has 0 bridgehead atoms. The lowest BCUT2D eigenvalue weighted by atomic mass is 10.0. The number of halogens is 1. The Kier molecular flexibility index (Phi) is 4.56. The van der Waals surface area contributed by atoms with Crippen LogP contribution in [-0.2, 0) is 6.54 Å². The van der Waals surface area contributed by atoms with E-state index in [0.29, 0.717) is 5.02 Å². The predicted octanol–water partition coefficient (Wildman–Crippen LogP) is 2.96. The summed E-state index contributed by atoms with van der Waals surface area (Å²) in [7, 11) is 0. The third-order valence-electron chi connectivity index (χ3n) is 3.07. The zero-order chi connectivity index (χ0) is 13.8. The Morgan fingerprint density at radius 2 is 2.21 bits per heavy atom. The van der Waals surface area contributed by atoms with Gasteiger partial charge in [-0.3, -0.25) is 9.67 Å². The molecular formula is C14H19ClN4. The van der Waals surface area contributed by atoms with Crippen LogP contribution in [0.2, 0.25) is 5.02 Å². The van der Waals surface area contributed by atoms with Crippen molar-refractivity contribution >= 4 is 11.6 Å². The summed E-state index contributed by atoms with van der Waals surface area (Å²) in [6.45, 7) is 7.80. The minimum atomic E-state index is 0.0432. The molecule has 5 heteroatoms. The SMILES string of the molecule is CCNC(c1ccnc(C)c1)c1c(Cl)cnn1CC. The van der Waals surface area contributed by atoms with E-state index in [1.54, 1.807) is 6.20 Å². The van der Waals surface area contributed by atoms with Crippen LogP contribution in [0.5, 0.6) is 0 Å². The van der Waals surface area contributed by atoms with Gasteiger partial charge in [0.25, 0.3) is 0 Å². The molecule has 0 saturated heterocycles. The predicted molar refractivity (Wildman–Crippen MR) is 77.4 cm³/mol. The van der Waals surface area contributed by atoms with Gasteiger partial charge in [-0.2, -0.15) is 5.10 Å². The van der Waals surface area contributed by atoms with Gasteiger partial charge >= 0.3 is 0 Å².